The number of hydrogen-bond donors (Lipinski definition) is 1. The molecule has 0 spiro atoms. The van der Waals surface area contributed by atoms with Gasteiger partial charge in [-0.05, 0) is 43.4 Å². The normalized spacial score (nSPS) is 14.1. The molecule has 1 atom stereocenters. The summed E-state index contributed by atoms with van der Waals surface area (Å²) < 4.78 is 0. The van der Waals surface area contributed by atoms with Crippen molar-refractivity contribution in [1.82, 2.24) is 0 Å². The topological polar surface area (TPSA) is 26.0 Å². The molecule has 0 aliphatic carbocycles. The van der Waals surface area contributed by atoms with Gasteiger partial charge in [0, 0.05) is 5.54 Å². The second-order valence-electron chi connectivity index (χ2n) is 5.49. The van der Waals surface area contributed by atoms with Crippen LogP contribution in [0.4, 0.5) is 0 Å². The minimum absolute atomic E-state index is 0.280. The fourth-order valence-electron chi connectivity index (χ4n) is 2.64. The molecule has 1 unspecified atom stereocenters. The van der Waals surface area contributed by atoms with E-state index in [-0.39, 0.29) is 5.54 Å². The molecule has 0 radical (unpaired) electrons. The number of rotatable bonds is 4. The van der Waals surface area contributed by atoms with Crippen LogP contribution in [0.2, 0.25) is 0 Å². The second kappa shape index (κ2) is 5.58. The molecule has 0 bridgehead atoms. The molecule has 1 nitrogen and oxygen atoms in total. The van der Waals surface area contributed by atoms with Gasteiger partial charge in [-0.2, -0.15) is 0 Å². The Bertz CT molecular complexity index is 545. The lowest BCUT2D eigenvalue weighted by atomic mass is 9.80. The van der Waals surface area contributed by atoms with Crippen LogP contribution < -0.4 is 5.73 Å². The molecule has 0 saturated carbocycles. The van der Waals surface area contributed by atoms with Crippen LogP contribution in [0.1, 0.15) is 35.6 Å². The van der Waals surface area contributed by atoms with E-state index in [0.29, 0.717) is 0 Å². The molecule has 0 aliphatic rings. The van der Waals surface area contributed by atoms with Gasteiger partial charge in [0.2, 0.25) is 0 Å². The van der Waals surface area contributed by atoms with Crippen molar-refractivity contribution < 1.29 is 0 Å². The van der Waals surface area contributed by atoms with Gasteiger partial charge in [-0.1, -0.05) is 61.0 Å². The van der Waals surface area contributed by atoms with Crippen molar-refractivity contribution in [2.75, 3.05) is 0 Å². The highest BCUT2D eigenvalue weighted by molar-refractivity contribution is 5.37. The minimum Gasteiger partial charge on any atom is -0.321 e. The average molecular weight is 253 g/mol. The van der Waals surface area contributed by atoms with Crippen LogP contribution >= 0.6 is 0 Å². The standard InChI is InChI=1S/C18H23N/c1-4-18(19,13-16-8-6-5-7-9-16)17-12-14(2)10-11-15(17)3/h5-12H,4,13,19H2,1-3H3. The molecule has 1 heteroatoms. The molecule has 2 aromatic rings. The first-order valence-corrected chi connectivity index (χ1v) is 6.96. The third kappa shape index (κ3) is 3.05. The molecular weight excluding hydrogens is 230 g/mol. The van der Waals surface area contributed by atoms with E-state index in [9.17, 15) is 0 Å². The molecule has 100 valence electrons. The molecule has 0 saturated heterocycles. The van der Waals surface area contributed by atoms with Crippen LogP contribution in [0.15, 0.2) is 48.5 Å². The van der Waals surface area contributed by atoms with Crippen molar-refractivity contribution in [3.63, 3.8) is 0 Å². The minimum atomic E-state index is -0.280. The smallest absolute Gasteiger partial charge is 0.0450 e. The van der Waals surface area contributed by atoms with Gasteiger partial charge in [-0.15, -0.1) is 0 Å². The van der Waals surface area contributed by atoms with E-state index < -0.39 is 0 Å². The fraction of sp³-hybridized carbons (Fsp3) is 0.333. The highest BCUT2D eigenvalue weighted by Crippen LogP contribution is 2.29. The number of hydrogen-bond acceptors (Lipinski definition) is 1. The number of benzene rings is 2. The van der Waals surface area contributed by atoms with E-state index in [1.165, 1.54) is 22.3 Å². The number of nitrogens with two attached hydrogens (primary N) is 1. The lowest BCUT2D eigenvalue weighted by Crippen LogP contribution is -2.39. The zero-order valence-electron chi connectivity index (χ0n) is 12.1. The van der Waals surface area contributed by atoms with Gasteiger partial charge in [0.1, 0.15) is 0 Å². The Morgan fingerprint density at radius 1 is 1.00 bits per heavy atom. The monoisotopic (exact) mass is 253 g/mol. The van der Waals surface area contributed by atoms with Crippen LogP contribution in [0.25, 0.3) is 0 Å². The van der Waals surface area contributed by atoms with E-state index in [2.05, 4.69) is 63.2 Å². The summed E-state index contributed by atoms with van der Waals surface area (Å²) in [6.07, 6.45) is 1.82. The molecule has 0 heterocycles. The molecule has 2 N–H and O–H groups in total. The van der Waals surface area contributed by atoms with E-state index in [1.54, 1.807) is 0 Å². The van der Waals surface area contributed by atoms with Gasteiger partial charge in [-0.3, -0.25) is 0 Å². The van der Waals surface area contributed by atoms with Crippen LogP contribution in [-0.4, -0.2) is 0 Å². The maximum absolute atomic E-state index is 6.72. The van der Waals surface area contributed by atoms with Gasteiger partial charge in [0.05, 0.1) is 0 Å². The summed E-state index contributed by atoms with van der Waals surface area (Å²) >= 11 is 0. The summed E-state index contributed by atoms with van der Waals surface area (Å²) in [4.78, 5) is 0. The van der Waals surface area contributed by atoms with E-state index in [4.69, 9.17) is 5.73 Å². The Morgan fingerprint density at radius 2 is 1.68 bits per heavy atom. The Hall–Kier alpha value is -1.60. The van der Waals surface area contributed by atoms with Gasteiger partial charge in [0.25, 0.3) is 0 Å². The SMILES string of the molecule is CCC(N)(Cc1ccccc1)c1cc(C)ccc1C. The Morgan fingerprint density at radius 3 is 2.32 bits per heavy atom. The molecule has 0 aliphatic heterocycles. The van der Waals surface area contributed by atoms with Crippen molar-refractivity contribution in [2.45, 2.75) is 39.2 Å². The second-order valence-corrected chi connectivity index (χ2v) is 5.49. The summed E-state index contributed by atoms with van der Waals surface area (Å²) in [7, 11) is 0. The van der Waals surface area contributed by atoms with Crippen molar-refractivity contribution >= 4 is 0 Å². The predicted molar refractivity (Wildman–Crippen MR) is 82.2 cm³/mol. The van der Waals surface area contributed by atoms with Crippen molar-refractivity contribution in [2.24, 2.45) is 5.73 Å². The Kier molecular flexibility index (Phi) is 4.06. The first kappa shape index (κ1) is 13.8. The van der Waals surface area contributed by atoms with Gasteiger partial charge < -0.3 is 5.73 Å². The summed E-state index contributed by atoms with van der Waals surface area (Å²) in [5.74, 6) is 0. The van der Waals surface area contributed by atoms with Crippen molar-refractivity contribution in [3.05, 3.63) is 70.8 Å². The third-order valence-electron chi connectivity index (χ3n) is 3.92. The van der Waals surface area contributed by atoms with Crippen LogP contribution in [-0.2, 0) is 12.0 Å². The largest absolute Gasteiger partial charge is 0.321 e. The highest BCUT2D eigenvalue weighted by atomic mass is 14.7. The highest BCUT2D eigenvalue weighted by Gasteiger charge is 2.27. The van der Waals surface area contributed by atoms with Gasteiger partial charge >= 0.3 is 0 Å². The Labute approximate surface area is 116 Å². The maximum Gasteiger partial charge on any atom is 0.0450 e. The van der Waals surface area contributed by atoms with Crippen LogP contribution in [0.5, 0.6) is 0 Å². The predicted octanol–water partition coefficient (Wildman–Crippen LogP) is 4.11. The molecule has 19 heavy (non-hydrogen) atoms. The molecular formula is C18H23N. The molecule has 0 fully saturated rings. The maximum atomic E-state index is 6.72. The van der Waals surface area contributed by atoms with Gasteiger partial charge in [0.15, 0.2) is 0 Å². The number of aryl methyl sites for hydroxylation is 2. The first-order valence-electron chi connectivity index (χ1n) is 6.96. The lowest BCUT2D eigenvalue weighted by Gasteiger charge is -2.31. The molecule has 2 rings (SSSR count). The quantitative estimate of drug-likeness (QED) is 0.872. The first-order chi connectivity index (χ1) is 9.05. The van der Waals surface area contributed by atoms with Gasteiger partial charge in [-0.25, -0.2) is 0 Å². The van der Waals surface area contributed by atoms with Crippen molar-refractivity contribution in [1.29, 1.82) is 0 Å². The van der Waals surface area contributed by atoms with E-state index in [0.717, 1.165) is 12.8 Å². The van der Waals surface area contributed by atoms with E-state index in [1.807, 2.05) is 6.07 Å². The summed E-state index contributed by atoms with van der Waals surface area (Å²) in [6.45, 7) is 6.45. The molecule has 0 aromatic heterocycles. The molecule has 2 aromatic carbocycles. The summed E-state index contributed by atoms with van der Waals surface area (Å²) in [5.41, 5.74) is 11.6. The fourth-order valence-corrected chi connectivity index (χ4v) is 2.64. The van der Waals surface area contributed by atoms with E-state index >= 15 is 0 Å². The average Bonchev–Trinajstić information content (AvgIpc) is 2.42. The lowest BCUT2D eigenvalue weighted by molar-refractivity contribution is 0.422. The zero-order valence-corrected chi connectivity index (χ0v) is 12.1. The van der Waals surface area contributed by atoms with Crippen LogP contribution in [0.3, 0.4) is 0 Å². The van der Waals surface area contributed by atoms with Crippen LogP contribution in [0, 0.1) is 13.8 Å². The Balaban J connectivity index is 2.39. The summed E-state index contributed by atoms with van der Waals surface area (Å²) in [6, 6.07) is 17.1. The summed E-state index contributed by atoms with van der Waals surface area (Å²) in [5, 5.41) is 0. The third-order valence-corrected chi connectivity index (χ3v) is 3.92. The molecule has 0 amide bonds. The zero-order chi connectivity index (χ0) is 13.9. The van der Waals surface area contributed by atoms with Crippen molar-refractivity contribution in [3.8, 4) is 0 Å².